The standard InChI is InChI=1S/C22H22ClN3O7S/c23-15-7-16-18(31-11-21(27)25-16)8-20(15)34(29,30)26-5-1-2-14(10-26)22(28)24-9-13-3-4-17-19(6-13)33-12-32-17/h3-4,6-8,14H,1-2,5,9-12H2,(H,24,28)(H,25,27)/t14-/m0/s1. The van der Waals surface area contributed by atoms with Crippen molar-refractivity contribution in [2.75, 3.05) is 31.8 Å². The third-order valence-corrected chi connectivity index (χ3v) is 8.27. The molecule has 34 heavy (non-hydrogen) atoms. The molecular weight excluding hydrogens is 486 g/mol. The van der Waals surface area contributed by atoms with Gasteiger partial charge in [0.25, 0.3) is 5.91 Å². The van der Waals surface area contributed by atoms with Gasteiger partial charge in [0.15, 0.2) is 18.1 Å². The lowest BCUT2D eigenvalue weighted by atomic mass is 9.98. The number of sulfonamides is 1. The Kier molecular flexibility index (Phi) is 6.00. The summed E-state index contributed by atoms with van der Waals surface area (Å²) < 4.78 is 44.0. The van der Waals surface area contributed by atoms with Crippen LogP contribution in [0.1, 0.15) is 18.4 Å². The van der Waals surface area contributed by atoms with Crippen LogP contribution in [0.15, 0.2) is 35.2 Å². The lowest BCUT2D eigenvalue weighted by molar-refractivity contribution is -0.126. The van der Waals surface area contributed by atoms with Crippen molar-refractivity contribution in [1.29, 1.82) is 0 Å². The van der Waals surface area contributed by atoms with E-state index in [9.17, 15) is 18.0 Å². The maximum Gasteiger partial charge on any atom is 0.262 e. The minimum Gasteiger partial charge on any atom is -0.482 e. The zero-order valence-electron chi connectivity index (χ0n) is 18.0. The van der Waals surface area contributed by atoms with Crippen molar-refractivity contribution in [3.05, 3.63) is 40.9 Å². The Morgan fingerprint density at radius 3 is 2.82 bits per heavy atom. The number of piperidine rings is 1. The number of benzene rings is 2. The number of nitrogens with one attached hydrogen (secondary N) is 2. The number of halogens is 1. The number of carbonyl (C=O) groups excluding carboxylic acids is 2. The normalized spacial score (nSPS) is 19.7. The van der Waals surface area contributed by atoms with Crippen molar-refractivity contribution < 1.29 is 32.2 Å². The number of ether oxygens (including phenoxy) is 3. The highest BCUT2D eigenvalue weighted by Gasteiger charge is 2.35. The monoisotopic (exact) mass is 507 g/mol. The summed E-state index contributed by atoms with van der Waals surface area (Å²) in [5.74, 6) is 0.469. The predicted octanol–water partition coefficient (Wildman–Crippen LogP) is 2.12. The SMILES string of the molecule is O=C1COc2cc(S(=O)(=O)N3CCC[C@H](C(=O)NCc4ccc5c(c4)OCO5)C3)c(Cl)cc2N1. The van der Waals surface area contributed by atoms with E-state index < -0.39 is 15.9 Å². The molecule has 1 atom stereocenters. The third-order valence-electron chi connectivity index (χ3n) is 5.94. The largest absolute Gasteiger partial charge is 0.482 e. The second-order valence-electron chi connectivity index (χ2n) is 8.22. The van der Waals surface area contributed by atoms with E-state index in [0.717, 1.165) is 5.56 Å². The molecule has 10 nitrogen and oxygen atoms in total. The fraction of sp³-hybridized carbons (Fsp3) is 0.364. The van der Waals surface area contributed by atoms with E-state index in [1.54, 1.807) is 6.07 Å². The Morgan fingerprint density at radius 2 is 1.97 bits per heavy atom. The molecule has 0 aliphatic carbocycles. The first-order valence-electron chi connectivity index (χ1n) is 10.7. The molecule has 0 spiro atoms. The number of carbonyl (C=O) groups is 2. The van der Waals surface area contributed by atoms with Crippen molar-refractivity contribution in [3.63, 3.8) is 0 Å². The van der Waals surface area contributed by atoms with Crippen LogP contribution in [0, 0.1) is 5.92 Å². The number of nitrogens with zero attached hydrogens (tertiary/aromatic N) is 1. The van der Waals surface area contributed by atoms with E-state index in [0.29, 0.717) is 36.6 Å². The quantitative estimate of drug-likeness (QED) is 0.635. The van der Waals surface area contributed by atoms with Gasteiger partial charge in [-0.1, -0.05) is 17.7 Å². The molecule has 180 valence electrons. The van der Waals surface area contributed by atoms with Crippen LogP contribution in [0.2, 0.25) is 5.02 Å². The van der Waals surface area contributed by atoms with Gasteiger partial charge in [0, 0.05) is 25.7 Å². The van der Waals surface area contributed by atoms with Gasteiger partial charge in [-0.15, -0.1) is 0 Å². The molecule has 2 aromatic carbocycles. The molecular formula is C22H22ClN3O7S. The summed E-state index contributed by atoms with van der Waals surface area (Å²) in [7, 11) is -3.98. The highest BCUT2D eigenvalue weighted by molar-refractivity contribution is 7.89. The van der Waals surface area contributed by atoms with Gasteiger partial charge in [-0.3, -0.25) is 9.59 Å². The molecule has 3 aliphatic rings. The second kappa shape index (κ2) is 8.97. The van der Waals surface area contributed by atoms with Crippen LogP contribution in [-0.4, -0.2) is 51.0 Å². The number of anilines is 1. The Balaban J connectivity index is 1.27. The van der Waals surface area contributed by atoms with Crippen LogP contribution >= 0.6 is 11.6 Å². The average Bonchev–Trinajstić information content (AvgIpc) is 3.30. The third kappa shape index (κ3) is 4.38. The van der Waals surface area contributed by atoms with Gasteiger partial charge in [-0.2, -0.15) is 4.31 Å². The molecule has 12 heteroatoms. The van der Waals surface area contributed by atoms with Crippen molar-refractivity contribution >= 4 is 39.1 Å². The molecule has 5 rings (SSSR count). The molecule has 0 saturated carbocycles. The van der Waals surface area contributed by atoms with E-state index in [4.69, 9.17) is 25.8 Å². The Morgan fingerprint density at radius 1 is 1.15 bits per heavy atom. The number of fused-ring (bicyclic) bond motifs is 2. The topological polar surface area (TPSA) is 123 Å². The summed E-state index contributed by atoms with van der Waals surface area (Å²) in [5.41, 5.74) is 1.17. The molecule has 0 bridgehead atoms. The van der Waals surface area contributed by atoms with Crippen LogP contribution in [0.5, 0.6) is 17.2 Å². The van der Waals surface area contributed by atoms with Gasteiger partial charge < -0.3 is 24.8 Å². The molecule has 3 aliphatic heterocycles. The molecule has 2 amide bonds. The van der Waals surface area contributed by atoms with Gasteiger partial charge >= 0.3 is 0 Å². The summed E-state index contributed by atoms with van der Waals surface area (Å²) in [6, 6.07) is 8.11. The minimum atomic E-state index is -3.98. The summed E-state index contributed by atoms with van der Waals surface area (Å²) in [6.45, 7) is 0.577. The molecule has 2 aromatic rings. The van der Waals surface area contributed by atoms with Gasteiger partial charge in [-0.25, -0.2) is 8.42 Å². The number of hydrogen-bond donors (Lipinski definition) is 2. The number of rotatable bonds is 5. The lowest BCUT2D eigenvalue weighted by Crippen LogP contribution is -2.45. The van der Waals surface area contributed by atoms with E-state index in [-0.39, 0.29) is 54.0 Å². The van der Waals surface area contributed by atoms with Crippen molar-refractivity contribution in [1.82, 2.24) is 9.62 Å². The molecule has 2 N–H and O–H groups in total. The van der Waals surface area contributed by atoms with Crippen LogP contribution < -0.4 is 24.8 Å². The summed E-state index contributed by atoms with van der Waals surface area (Å²) in [6.07, 6.45) is 1.11. The number of hydrogen-bond acceptors (Lipinski definition) is 7. The van der Waals surface area contributed by atoms with E-state index >= 15 is 0 Å². The zero-order valence-corrected chi connectivity index (χ0v) is 19.6. The Hall–Kier alpha value is -3.02. The van der Waals surface area contributed by atoms with Crippen molar-refractivity contribution in [3.8, 4) is 17.2 Å². The second-order valence-corrected chi connectivity index (χ2v) is 10.5. The maximum absolute atomic E-state index is 13.4. The van der Waals surface area contributed by atoms with Crippen molar-refractivity contribution in [2.45, 2.75) is 24.3 Å². The summed E-state index contributed by atoms with van der Waals surface area (Å²) in [4.78, 5) is 24.2. The smallest absolute Gasteiger partial charge is 0.262 e. The van der Waals surface area contributed by atoms with Crippen LogP contribution in [0.25, 0.3) is 0 Å². The van der Waals surface area contributed by atoms with Gasteiger partial charge in [-0.05, 0) is 36.6 Å². The van der Waals surface area contributed by atoms with Crippen LogP contribution in [0.3, 0.4) is 0 Å². The maximum atomic E-state index is 13.4. The minimum absolute atomic E-state index is 0.0288. The first kappa shape index (κ1) is 22.8. The van der Waals surface area contributed by atoms with Gasteiger partial charge in [0.1, 0.15) is 10.6 Å². The first-order chi connectivity index (χ1) is 16.3. The van der Waals surface area contributed by atoms with Gasteiger partial charge in [0.05, 0.1) is 16.6 Å². The van der Waals surface area contributed by atoms with E-state index in [1.165, 1.54) is 16.4 Å². The van der Waals surface area contributed by atoms with Crippen LogP contribution in [-0.2, 0) is 26.2 Å². The van der Waals surface area contributed by atoms with Crippen molar-refractivity contribution in [2.24, 2.45) is 5.92 Å². The molecule has 0 aromatic heterocycles. The molecule has 0 radical (unpaired) electrons. The Bertz CT molecular complexity index is 1270. The summed E-state index contributed by atoms with van der Waals surface area (Å²) in [5, 5.41) is 5.45. The predicted molar refractivity (Wildman–Crippen MR) is 121 cm³/mol. The highest BCUT2D eigenvalue weighted by atomic mass is 35.5. The summed E-state index contributed by atoms with van der Waals surface area (Å²) >= 11 is 6.26. The Labute approximate surface area is 201 Å². The van der Waals surface area contributed by atoms with E-state index in [1.807, 2.05) is 12.1 Å². The van der Waals surface area contributed by atoms with E-state index in [2.05, 4.69) is 10.6 Å². The van der Waals surface area contributed by atoms with Crippen LogP contribution in [0.4, 0.5) is 5.69 Å². The molecule has 1 saturated heterocycles. The number of amides is 2. The highest BCUT2D eigenvalue weighted by Crippen LogP contribution is 2.37. The van der Waals surface area contributed by atoms with Gasteiger partial charge in [0.2, 0.25) is 22.7 Å². The average molecular weight is 508 g/mol. The molecule has 3 heterocycles. The fourth-order valence-electron chi connectivity index (χ4n) is 4.18. The first-order valence-corrected chi connectivity index (χ1v) is 12.6. The molecule has 0 unspecified atom stereocenters. The molecule has 1 fully saturated rings. The zero-order chi connectivity index (χ0) is 23.9. The fourth-order valence-corrected chi connectivity index (χ4v) is 6.22. The lowest BCUT2D eigenvalue weighted by Gasteiger charge is -2.31.